The number of hydrazine groups is 1. The fourth-order valence-electron chi connectivity index (χ4n) is 2.71. The van der Waals surface area contributed by atoms with Crippen molar-refractivity contribution in [3.05, 3.63) is 11.8 Å². The third kappa shape index (κ3) is 2.73. The molecule has 1 aliphatic carbocycles. The summed E-state index contributed by atoms with van der Waals surface area (Å²) in [5.74, 6) is 7.43. The Bertz CT molecular complexity index is 222. The van der Waals surface area contributed by atoms with Crippen molar-refractivity contribution in [2.45, 2.75) is 51.0 Å². The summed E-state index contributed by atoms with van der Waals surface area (Å²) in [5, 5.41) is 0. The zero-order valence-corrected chi connectivity index (χ0v) is 9.37. The molecule has 2 aliphatic rings. The van der Waals surface area contributed by atoms with Crippen LogP contribution in [-0.4, -0.2) is 12.6 Å². The molecule has 0 aromatic rings. The molecule has 0 radical (unpaired) electrons. The number of allylic oxidation sites excluding steroid dienone is 1. The van der Waals surface area contributed by atoms with Gasteiger partial charge in [-0.3, -0.25) is 5.84 Å². The highest BCUT2D eigenvalue weighted by molar-refractivity contribution is 5.07. The van der Waals surface area contributed by atoms with Gasteiger partial charge in [0.2, 0.25) is 0 Å². The van der Waals surface area contributed by atoms with Crippen LogP contribution in [0.3, 0.4) is 0 Å². The molecular weight excluding hydrogens is 188 g/mol. The Morgan fingerprint density at radius 2 is 2.07 bits per heavy atom. The topological polar surface area (TPSA) is 47.3 Å². The van der Waals surface area contributed by atoms with Crippen molar-refractivity contribution >= 4 is 0 Å². The summed E-state index contributed by atoms with van der Waals surface area (Å²) in [4.78, 5) is 0. The van der Waals surface area contributed by atoms with Crippen LogP contribution < -0.4 is 11.3 Å². The molecule has 1 saturated carbocycles. The highest BCUT2D eigenvalue weighted by Crippen LogP contribution is 2.30. The number of hydrogen-bond donors (Lipinski definition) is 2. The largest absolute Gasteiger partial charge is 0.497 e. The second-order valence-corrected chi connectivity index (χ2v) is 4.64. The molecule has 2 rings (SSSR count). The first-order chi connectivity index (χ1) is 7.42. The van der Waals surface area contributed by atoms with Crippen molar-refractivity contribution in [1.29, 1.82) is 0 Å². The molecular formula is C12H22N2O. The lowest BCUT2D eigenvalue weighted by molar-refractivity contribution is 0.139. The second-order valence-electron chi connectivity index (χ2n) is 4.64. The van der Waals surface area contributed by atoms with Gasteiger partial charge in [-0.1, -0.05) is 19.3 Å². The van der Waals surface area contributed by atoms with Crippen molar-refractivity contribution in [3.8, 4) is 0 Å². The van der Waals surface area contributed by atoms with Crippen molar-refractivity contribution < 1.29 is 4.74 Å². The smallest absolute Gasteiger partial charge is 0.111 e. The van der Waals surface area contributed by atoms with E-state index in [9.17, 15) is 0 Å². The van der Waals surface area contributed by atoms with Gasteiger partial charge in [0.05, 0.1) is 12.6 Å². The van der Waals surface area contributed by atoms with Gasteiger partial charge in [-0.05, 0) is 37.7 Å². The molecule has 1 aliphatic heterocycles. The van der Waals surface area contributed by atoms with Crippen molar-refractivity contribution in [1.82, 2.24) is 5.43 Å². The van der Waals surface area contributed by atoms with Gasteiger partial charge in [0, 0.05) is 0 Å². The quantitative estimate of drug-likeness (QED) is 0.554. The molecule has 1 atom stereocenters. The number of nitrogens with two attached hydrogens (primary N) is 1. The number of hydrogen-bond acceptors (Lipinski definition) is 3. The maximum atomic E-state index is 5.70. The van der Waals surface area contributed by atoms with E-state index in [2.05, 4.69) is 11.5 Å². The predicted octanol–water partition coefficient (Wildman–Crippen LogP) is 2.09. The summed E-state index contributed by atoms with van der Waals surface area (Å²) in [5.41, 5.74) is 2.95. The second kappa shape index (κ2) is 5.52. The Balaban J connectivity index is 1.98. The number of rotatable bonds is 3. The van der Waals surface area contributed by atoms with Crippen LogP contribution in [0.5, 0.6) is 0 Å². The van der Waals surface area contributed by atoms with Gasteiger partial charge in [-0.15, -0.1) is 0 Å². The maximum absolute atomic E-state index is 5.70. The van der Waals surface area contributed by atoms with Crippen LogP contribution in [0.25, 0.3) is 0 Å². The van der Waals surface area contributed by atoms with E-state index in [1.807, 2.05) is 0 Å². The molecule has 3 nitrogen and oxygen atoms in total. The first-order valence-corrected chi connectivity index (χ1v) is 6.21. The fraction of sp³-hybridized carbons (Fsp3) is 0.833. The Labute approximate surface area is 92.0 Å². The average Bonchev–Trinajstić information content (AvgIpc) is 2.33. The van der Waals surface area contributed by atoms with E-state index in [-0.39, 0.29) is 6.04 Å². The van der Waals surface area contributed by atoms with E-state index in [0.717, 1.165) is 25.2 Å². The molecule has 0 saturated heterocycles. The van der Waals surface area contributed by atoms with Gasteiger partial charge in [0.1, 0.15) is 5.76 Å². The Morgan fingerprint density at radius 1 is 1.27 bits per heavy atom. The lowest BCUT2D eigenvalue weighted by Crippen LogP contribution is -2.44. The van der Waals surface area contributed by atoms with Crippen LogP contribution in [0, 0.1) is 5.92 Å². The zero-order chi connectivity index (χ0) is 10.5. The molecule has 1 unspecified atom stereocenters. The molecule has 0 amide bonds. The Morgan fingerprint density at radius 3 is 2.67 bits per heavy atom. The van der Waals surface area contributed by atoms with E-state index in [1.165, 1.54) is 32.1 Å². The molecule has 3 heteroatoms. The van der Waals surface area contributed by atoms with Crippen LogP contribution in [-0.2, 0) is 4.74 Å². The molecule has 1 heterocycles. The van der Waals surface area contributed by atoms with Gasteiger partial charge in [-0.25, -0.2) is 5.43 Å². The van der Waals surface area contributed by atoms with E-state index in [1.54, 1.807) is 0 Å². The van der Waals surface area contributed by atoms with Gasteiger partial charge in [-0.2, -0.15) is 0 Å². The first kappa shape index (κ1) is 11.0. The lowest BCUT2D eigenvalue weighted by atomic mass is 9.83. The number of ether oxygens (including phenoxy) is 1. The highest BCUT2D eigenvalue weighted by atomic mass is 16.5. The molecule has 0 aromatic carbocycles. The van der Waals surface area contributed by atoms with Crippen LogP contribution in [0.15, 0.2) is 11.8 Å². The Kier molecular flexibility index (Phi) is 4.03. The lowest BCUT2D eigenvalue weighted by Gasteiger charge is -2.32. The minimum absolute atomic E-state index is 0.255. The summed E-state index contributed by atoms with van der Waals surface area (Å²) < 4.78 is 5.70. The molecule has 0 bridgehead atoms. The van der Waals surface area contributed by atoms with Crippen LogP contribution >= 0.6 is 0 Å². The monoisotopic (exact) mass is 210 g/mol. The molecule has 86 valence electrons. The summed E-state index contributed by atoms with van der Waals surface area (Å²) >= 11 is 0. The third-order valence-electron chi connectivity index (χ3n) is 3.57. The minimum Gasteiger partial charge on any atom is -0.497 e. The summed E-state index contributed by atoms with van der Waals surface area (Å²) in [6.07, 6.45) is 11.1. The SMILES string of the molecule is NNC(C1=CCCCO1)C1CCCCC1. The van der Waals surface area contributed by atoms with Crippen LogP contribution in [0.4, 0.5) is 0 Å². The summed E-state index contributed by atoms with van der Waals surface area (Å²) in [6, 6.07) is 0.255. The molecule has 0 spiro atoms. The van der Waals surface area contributed by atoms with E-state index < -0.39 is 0 Å². The summed E-state index contributed by atoms with van der Waals surface area (Å²) in [6.45, 7) is 0.858. The van der Waals surface area contributed by atoms with Crippen LogP contribution in [0.1, 0.15) is 44.9 Å². The Hall–Kier alpha value is -0.540. The van der Waals surface area contributed by atoms with Crippen molar-refractivity contribution in [2.75, 3.05) is 6.61 Å². The summed E-state index contributed by atoms with van der Waals surface area (Å²) in [7, 11) is 0. The van der Waals surface area contributed by atoms with Gasteiger partial charge >= 0.3 is 0 Å². The normalized spacial score (nSPS) is 25.5. The molecule has 1 fully saturated rings. The number of nitrogens with one attached hydrogen (secondary N) is 1. The predicted molar refractivity (Wildman–Crippen MR) is 61.0 cm³/mol. The standard InChI is InChI=1S/C12H22N2O/c13-14-12(10-6-2-1-3-7-10)11-8-4-5-9-15-11/h8,10,12,14H,1-7,9,13H2. The van der Waals surface area contributed by atoms with Gasteiger partial charge in [0.25, 0.3) is 0 Å². The maximum Gasteiger partial charge on any atom is 0.111 e. The third-order valence-corrected chi connectivity index (χ3v) is 3.57. The average molecular weight is 210 g/mol. The molecule has 0 aromatic heterocycles. The van der Waals surface area contributed by atoms with Crippen LogP contribution in [0.2, 0.25) is 0 Å². The van der Waals surface area contributed by atoms with Gasteiger partial charge < -0.3 is 4.74 Å². The van der Waals surface area contributed by atoms with E-state index in [4.69, 9.17) is 10.6 Å². The fourth-order valence-corrected chi connectivity index (χ4v) is 2.71. The first-order valence-electron chi connectivity index (χ1n) is 6.21. The zero-order valence-electron chi connectivity index (χ0n) is 9.37. The molecule has 15 heavy (non-hydrogen) atoms. The molecule has 3 N–H and O–H groups in total. The van der Waals surface area contributed by atoms with Crippen molar-refractivity contribution in [3.63, 3.8) is 0 Å². The highest BCUT2D eigenvalue weighted by Gasteiger charge is 2.27. The van der Waals surface area contributed by atoms with E-state index in [0.29, 0.717) is 5.92 Å². The minimum atomic E-state index is 0.255. The van der Waals surface area contributed by atoms with Crippen molar-refractivity contribution in [2.24, 2.45) is 11.8 Å². The van der Waals surface area contributed by atoms with E-state index >= 15 is 0 Å². The van der Waals surface area contributed by atoms with Gasteiger partial charge in [0.15, 0.2) is 0 Å².